The van der Waals surface area contributed by atoms with Crippen molar-refractivity contribution >= 4 is 11.9 Å². The Bertz CT molecular complexity index is 51.5. The second kappa shape index (κ2) is 6.33. The number of nitrogens with zero attached hydrogens (tertiary/aromatic N) is 1. The number of quaternary nitrogens is 1. The van der Waals surface area contributed by atoms with Gasteiger partial charge in [0.2, 0.25) is 0 Å². The van der Waals surface area contributed by atoms with E-state index in [4.69, 9.17) is 4.66 Å². The molecule has 0 aliphatic carbocycles. The van der Waals surface area contributed by atoms with Gasteiger partial charge < -0.3 is 4.48 Å². The maximum Gasteiger partial charge on any atom is 0.0777 e. The highest BCUT2D eigenvalue weighted by Crippen LogP contribution is 1.90. The van der Waals surface area contributed by atoms with E-state index in [1.54, 1.807) is 0 Å². The Hall–Kier alpha value is 0.210. The molecule has 9 heavy (non-hydrogen) atoms. The minimum Gasteiger partial charge on any atom is -0.331 e. The van der Waals surface area contributed by atoms with E-state index in [1.165, 1.54) is 13.0 Å². The van der Waals surface area contributed by atoms with Gasteiger partial charge in [0.15, 0.2) is 0 Å². The van der Waals surface area contributed by atoms with Gasteiger partial charge in [-0.1, -0.05) is 6.92 Å². The van der Waals surface area contributed by atoms with E-state index in [9.17, 15) is 0 Å². The molecule has 0 aromatic heterocycles. The number of hydrogen-bond donors (Lipinski definition) is 1. The zero-order valence-electron chi connectivity index (χ0n) is 6.69. The second-order valence-corrected chi connectivity index (χ2v) is 3.01. The zero-order valence-corrected chi connectivity index (χ0v) is 7.44. The average Bonchev–Trinajstić information content (AvgIpc) is 1.69. The van der Waals surface area contributed by atoms with Gasteiger partial charge >= 0.3 is 0 Å². The van der Waals surface area contributed by atoms with Crippen molar-refractivity contribution in [3.8, 4) is 0 Å². The van der Waals surface area contributed by atoms with Gasteiger partial charge in [-0.3, -0.25) is 4.66 Å². The predicted molar refractivity (Wildman–Crippen MR) is 41.3 cm³/mol. The molecule has 0 heterocycles. The molecule has 0 saturated heterocycles. The van der Waals surface area contributed by atoms with E-state index >= 15 is 0 Å². The molecule has 58 valence electrons. The van der Waals surface area contributed by atoms with Crippen LogP contribution in [0.1, 0.15) is 13.3 Å². The van der Waals surface area contributed by atoms with Gasteiger partial charge in [-0.15, -0.1) is 0 Å². The lowest BCUT2D eigenvalue weighted by Crippen LogP contribution is -2.34. The topological polar surface area (TPSA) is 20.2 Å². The van der Waals surface area contributed by atoms with Crippen LogP contribution in [0.25, 0.3) is 0 Å². The fraction of sp³-hybridized carbons (Fsp3) is 1.00. The highest BCUT2D eigenvalue weighted by atomic mass is 35.5. The van der Waals surface area contributed by atoms with Gasteiger partial charge in [0.05, 0.1) is 39.6 Å². The first-order valence-corrected chi connectivity index (χ1v) is 3.37. The van der Waals surface area contributed by atoms with Crippen molar-refractivity contribution in [2.24, 2.45) is 0 Å². The van der Waals surface area contributed by atoms with Crippen molar-refractivity contribution in [2.75, 3.05) is 27.7 Å². The molecule has 0 atom stereocenters. The van der Waals surface area contributed by atoms with Gasteiger partial charge in [-0.25, -0.2) is 0 Å². The fourth-order valence-corrected chi connectivity index (χ4v) is 0.671. The van der Waals surface area contributed by atoms with Crippen LogP contribution in [-0.2, 0) is 0 Å². The number of rotatable bonds is 2. The lowest BCUT2D eigenvalue weighted by atomic mass is 10.4. The SMILES string of the molecule is CCC[N+](C)(C)C.OCl. The normalized spacial score (nSPS) is 10.0. The van der Waals surface area contributed by atoms with E-state index in [2.05, 4.69) is 39.9 Å². The van der Waals surface area contributed by atoms with Crippen LogP contribution in [0.4, 0.5) is 0 Å². The molecular weight excluding hydrogens is 138 g/mol. The average molecular weight is 155 g/mol. The van der Waals surface area contributed by atoms with Gasteiger partial charge in [0, 0.05) is 0 Å². The molecular formula is C6H17ClNO+. The molecule has 0 aromatic rings. The third-order valence-corrected chi connectivity index (χ3v) is 0.894. The Morgan fingerprint density at radius 3 is 1.56 bits per heavy atom. The first-order valence-electron chi connectivity index (χ1n) is 3.03. The van der Waals surface area contributed by atoms with Gasteiger partial charge in [-0.05, 0) is 6.42 Å². The Kier molecular flexibility index (Phi) is 8.40. The summed E-state index contributed by atoms with van der Waals surface area (Å²) in [4.78, 5) is 0. The van der Waals surface area contributed by atoms with E-state index in [-0.39, 0.29) is 0 Å². The summed E-state index contributed by atoms with van der Waals surface area (Å²) in [6.45, 7) is 3.49. The summed E-state index contributed by atoms with van der Waals surface area (Å²) in [5.74, 6) is 0. The molecule has 0 amide bonds. The monoisotopic (exact) mass is 154 g/mol. The van der Waals surface area contributed by atoms with Crippen LogP contribution in [0, 0.1) is 0 Å². The maximum atomic E-state index is 6.47. The van der Waals surface area contributed by atoms with Crippen molar-refractivity contribution in [1.82, 2.24) is 0 Å². The first-order chi connectivity index (χ1) is 4.06. The maximum absolute atomic E-state index is 6.47. The van der Waals surface area contributed by atoms with E-state index in [0.717, 1.165) is 4.48 Å². The van der Waals surface area contributed by atoms with E-state index in [1.807, 2.05) is 0 Å². The van der Waals surface area contributed by atoms with Crippen molar-refractivity contribution in [1.29, 1.82) is 0 Å². The summed E-state index contributed by atoms with van der Waals surface area (Å²) in [7, 11) is 6.64. The van der Waals surface area contributed by atoms with Gasteiger partial charge in [-0.2, -0.15) is 0 Å². The Labute approximate surface area is 62.8 Å². The van der Waals surface area contributed by atoms with Crippen LogP contribution in [-0.4, -0.2) is 36.8 Å². The second-order valence-electron chi connectivity index (χ2n) is 3.01. The van der Waals surface area contributed by atoms with Crippen molar-refractivity contribution < 1.29 is 9.14 Å². The molecule has 0 aliphatic heterocycles. The van der Waals surface area contributed by atoms with Crippen LogP contribution >= 0.6 is 11.9 Å². The summed E-state index contributed by atoms with van der Waals surface area (Å²) in [6.07, 6.45) is 1.28. The number of halogens is 1. The quantitative estimate of drug-likeness (QED) is 0.594. The molecule has 0 radical (unpaired) electrons. The minimum absolute atomic E-state index is 1.09. The smallest absolute Gasteiger partial charge is 0.0777 e. The first kappa shape index (κ1) is 11.9. The highest BCUT2D eigenvalue weighted by Gasteiger charge is 2.01. The standard InChI is InChI=1S/C6H16N.ClHO/c1-5-6-7(2,3)4;1-2/h5-6H2,1-4H3;2H/q+1;. The predicted octanol–water partition coefficient (Wildman–Crippen LogP) is 1.24. The van der Waals surface area contributed by atoms with Crippen LogP contribution < -0.4 is 0 Å². The van der Waals surface area contributed by atoms with Crippen molar-refractivity contribution in [2.45, 2.75) is 13.3 Å². The highest BCUT2D eigenvalue weighted by molar-refractivity contribution is 6.04. The van der Waals surface area contributed by atoms with Crippen LogP contribution in [0.5, 0.6) is 0 Å². The molecule has 0 unspecified atom stereocenters. The fourth-order valence-electron chi connectivity index (χ4n) is 0.671. The molecule has 0 saturated carbocycles. The molecule has 0 rings (SSSR count). The Morgan fingerprint density at radius 1 is 1.22 bits per heavy atom. The minimum atomic E-state index is 1.09. The summed E-state index contributed by atoms with van der Waals surface area (Å²) in [5.41, 5.74) is 0. The summed E-state index contributed by atoms with van der Waals surface area (Å²) < 4.78 is 7.57. The summed E-state index contributed by atoms with van der Waals surface area (Å²) in [5, 5.41) is 0. The van der Waals surface area contributed by atoms with E-state index < -0.39 is 0 Å². The molecule has 3 heteroatoms. The Morgan fingerprint density at radius 2 is 1.56 bits per heavy atom. The number of hydrogen-bond acceptors (Lipinski definition) is 1. The van der Waals surface area contributed by atoms with Crippen molar-refractivity contribution in [3.63, 3.8) is 0 Å². The third-order valence-electron chi connectivity index (χ3n) is 0.894. The lowest BCUT2D eigenvalue weighted by molar-refractivity contribution is -0.870. The Balaban J connectivity index is 0. The van der Waals surface area contributed by atoms with E-state index in [0.29, 0.717) is 0 Å². The molecule has 0 aliphatic rings. The van der Waals surface area contributed by atoms with Crippen LogP contribution in [0.15, 0.2) is 0 Å². The molecule has 0 fully saturated rings. The van der Waals surface area contributed by atoms with Crippen molar-refractivity contribution in [3.05, 3.63) is 0 Å². The van der Waals surface area contributed by atoms with Crippen LogP contribution in [0.3, 0.4) is 0 Å². The molecule has 2 nitrogen and oxygen atoms in total. The molecule has 1 N–H and O–H groups in total. The molecule has 0 spiro atoms. The molecule has 0 aromatic carbocycles. The van der Waals surface area contributed by atoms with Crippen LogP contribution in [0.2, 0.25) is 0 Å². The summed E-state index contributed by atoms with van der Waals surface area (Å²) in [6, 6.07) is 0. The van der Waals surface area contributed by atoms with Gasteiger partial charge in [0.1, 0.15) is 0 Å². The zero-order chi connectivity index (χ0) is 7.91. The molecule has 0 bridgehead atoms. The third kappa shape index (κ3) is 17.9. The van der Waals surface area contributed by atoms with Gasteiger partial charge in [0.25, 0.3) is 0 Å². The lowest BCUT2D eigenvalue weighted by Gasteiger charge is -2.22. The largest absolute Gasteiger partial charge is 0.331 e. The summed E-state index contributed by atoms with van der Waals surface area (Å²) >= 11 is 3.64.